The number of allylic oxidation sites excluding steroid dienone is 1. The Morgan fingerprint density at radius 2 is 1.58 bits per heavy atom. The van der Waals surface area contributed by atoms with Crippen LogP contribution in [0.25, 0.3) is 0 Å². The normalized spacial score (nSPS) is 12.7. The van der Waals surface area contributed by atoms with Gasteiger partial charge in [-0.1, -0.05) is 67.2 Å². The van der Waals surface area contributed by atoms with Gasteiger partial charge in [0.1, 0.15) is 12.5 Å². The molecule has 0 saturated carbocycles. The fourth-order valence-corrected chi connectivity index (χ4v) is 2.52. The molecule has 2 N–H and O–H groups in total. The van der Waals surface area contributed by atoms with E-state index in [1.807, 2.05) is 36.4 Å². The van der Waals surface area contributed by atoms with Crippen molar-refractivity contribution in [3.8, 4) is 0 Å². The Kier molecular flexibility index (Phi) is 7.12. The van der Waals surface area contributed by atoms with Crippen LogP contribution in [0.4, 0.5) is 0 Å². The summed E-state index contributed by atoms with van der Waals surface area (Å²) in [6.45, 7) is 5.68. The predicted octanol–water partition coefficient (Wildman–Crippen LogP) is 3.17. The number of rotatable bonds is 9. The van der Waals surface area contributed by atoms with Gasteiger partial charge in [-0.15, -0.1) is 0 Å². The number of ketones is 1. The lowest BCUT2D eigenvalue weighted by atomic mass is 9.89. The maximum Gasteiger partial charge on any atom is 0.319 e. The summed E-state index contributed by atoms with van der Waals surface area (Å²) in [6.07, 6.45) is 0. The van der Waals surface area contributed by atoms with E-state index in [1.54, 1.807) is 31.2 Å². The summed E-state index contributed by atoms with van der Waals surface area (Å²) in [4.78, 5) is 25.4. The van der Waals surface area contributed by atoms with Gasteiger partial charge in [-0.05, 0) is 18.1 Å². The van der Waals surface area contributed by atoms with Gasteiger partial charge in [0.25, 0.3) is 0 Å². The van der Waals surface area contributed by atoms with Crippen LogP contribution in [0.1, 0.15) is 24.1 Å². The summed E-state index contributed by atoms with van der Waals surface area (Å²) >= 11 is 0. The summed E-state index contributed by atoms with van der Waals surface area (Å²) < 4.78 is 10.5. The largest absolute Gasteiger partial charge is 0.491 e. The van der Waals surface area contributed by atoms with Gasteiger partial charge in [0.2, 0.25) is 5.78 Å². The minimum absolute atomic E-state index is 0.0616. The third-order valence-corrected chi connectivity index (χ3v) is 3.90. The average molecular weight is 353 g/mol. The van der Waals surface area contributed by atoms with Gasteiger partial charge >= 0.3 is 5.97 Å². The smallest absolute Gasteiger partial charge is 0.319 e. The summed E-state index contributed by atoms with van der Waals surface area (Å²) in [5.41, 5.74) is 7.71. The van der Waals surface area contributed by atoms with Gasteiger partial charge in [-0.2, -0.15) is 0 Å². The first-order valence-corrected chi connectivity index (χ1v) is 8.41. The number of esters is 1. The zero-order chi connectivity index (χ0) is 18.9. The van der Waals surface area contributed by atoms with Crippen molar-refractivity contribution in [2.75, 3.05) is 6.61 Å². The van der Waals surface area contributed by atoms with Crippen molar-refractivity contribution in [1.29, 1.82) is 0 Å². The Hall–Kier alpha value is -2.92. The van der Waals surface area contributed by atoms with Gasteiger partial charge in [-0.25, -0.2) is 0 Å². The highest BCUT2D eigenvalue weighted by Gasteiger charge is 2.37. The molecule has 0 amide bonds. The van der Waals surface area contributed by atoms with Crippen LogP contribution in [-0.4, -0.2) is 18.4 Å². The van der Waals surface area contributed by atoms with Crippen LogP contribution in [-0.2, 0) is 25.7 Å². The van der Waals surface area contributed by atoms with Gasteiger partial charge in [-0.3, -0.25) is 9.59 Å². The summed E-state index contributed by atoms with van der Waals surface area (Å²) in [5.74, 6) is -2.59. The summed E-state index contributed by atoms with van der Waals surface area (Å²) in [6, 6.07) is 17.3. The molecule has 2 aromatic carbocycles. The van der Waals surface area contributed by atoms with E-state index in [4.69, 9.17) is 15.2 Å². The number of benzene rings is 2. The molecule has 2 atom stereocenters. The first kappa shape index (κ1) is 19.4. The molecule has 0 aliphatic rings. The minimum Gasteiger partial charge on any atom is -0.491 e. The molecule has 2 aromatic rings. The van der Waals surface area contributed by atoms with E-state index >= 15 is 0 Å². The molecule has 2 unspecified atom stereocenters. The molecule has 136 valence electrons. The Bertz CT molecular complexity index is 743. The molecule has 0 fully saturated rings. The molecule has 0 aliphatic carbocycles. The summed E-state index contributed by atoms with van der Waals surface area (Å²) in [5, 5.41) is 0. The number of carbonyl (C=O) groups is 2. The third kappa shape index (κ3) is 5.04. The molecule has 0 heterocycles. The van der Waals surface area contributed by atoms with Crippen LogP contribution in [0.5, 0.6) is 0 Å². The highest BCUT2D eigenvalue weighted by molar-refractivity contribution is 6.07. The first-order valence-electron chi connectivity index (χ1n) is 8.41. The topological polar surface area (TPSA) is 78.6 Å². The molecule has 5 nitrogen and oxygen atoms in total. The number of hydrogen-bond donors (Lipinski definition) is 1. The third-order valence-electron chi connectivity index (χ3n) is 3.90. The van der Waals surface area contributed by atoms with Crippen LogP contribution >= 0.6 is 0 Å². The van der Waals surface area contributed by atoms with Crippen LogP contribution in [0.15, 0.2) is 73.0 Å². The Morgan fingerprint density at radius 3 is 2.15 bits per heavy atom. The highest BCUT2D eigenvalue weighted by Crippen LogP contribution is 2.25. The van der Waals surface area contributed by atoms with Crippen LogP contribution < -0.4 is 5.73 Å². The van der Waals surface area contributed by atoms with E-state index < -0.39 is 23.7 Å². The van der Waals surface area contributed by atoms with Crippen LogP contribution in [0.2, 0.25) is 0 Å². The Labute approximate surface area is 153 Å². The van der Waals surface area contributed by atoms with Crippen molar-refractivity contribution in [2.45, 2.75) is 19.6 Å². The van der Waals surface area contributed by atoms with Gasteiger partial charge < -0.3 is 15.2 Å². The van der Waals surface area contributed by atoms with Crippen molar-refractivity contribution in [3.05, 3.63) is 84.1 Å². The zero-order valence-corrected chi connectivity index (χ0v) is 14.8. The Balaban J connectivity index is 2.20. The maximum atomic E-state index is 12.7. The quantitative estimate of drug-likeness (QED) is 0.324. The van der Waals surface area contributed by atoms with E-state index in [2.05, 4.69) is 6.58 Å². The fraction of sp³-hybridized carbons (Fsp3) is 0.238. The Morgan fingerprint density at radius 1 is 1.00 bits per heavy atom. The van der Waals surface area contributed by atoms with E-state index in [0.29, 0.717) is 5.56 Å². The number of carbonyl (C=O) groups excluding carboxylic acids is 2. The van der Waals surface area contributed by atoms with E-state index in [9.17, 15) is 9.59 Å². The molecule has 26 heavy (non-hydrogen) atoms. The number of hydrogen-bond acceptors (Lipinski definition) is 5. The van der Waals surface area contributed by atoms with E-state index in [1.165, 1.54) is 0 Å². The molecule has 0 aromatic heterocycles. The molecule has 2 rings (SSSR count). The molecule has 0 spiro atoms. The standard InChI is InChI=1S/C21H23NO4/c1-3-25-15(2)20(23)18(19(22)17-12-8-5-9-13-17)21(24)26-14-16-10-6-4-7-11-16/h4-13,18-19H,2-3,14,22H2,1H3. The van der Waals surface area contributed by atoms with Gasteiger partial charge in [0, 0.05) is 0 Å². The molecule has 0 bridgehead atoms. The summed E-state index contributed by atoms with van der Waals surface area (Å²) in [7, 11) is 0. The monoisotopic (exact) mass is 353 g/mol. The zero-order valence-electron chi connectivity index (χ0n) is 14.8. The second-order valence-electron chi connectivity index (χ2n) is 5.73. The lowest BCUT2D eigenvalue weighted by molar-refractivity contribution is -0.154. The fourth-order valence-electron chi connectivity index (χ4n) is 2.52. The molecule has 5 heteroatoms. The minimum atomic E-state index is -1.22. The van der Waals surface area contributed by atoms with E-state index in [-0.39, 0.29) is 19.0 Å². The SMILES string of the molecule is C=C(OCC)C(=O)C(C(=O)OCc1ccccc1)C(N)c1ccccc1. The van der Waals surface area contributed by atoms with E-state index in [0.717, 1.165) is 5.56 Å². The van der Waals surface area contributed by atoms with Crippen LogP contribution in [0.3, 0.4) is 0 Å². The predicted molar refractivity (Wildman–Crippen MR) is 98.9 cm³/mol. The van der Waals surface area contributed by atoms with Gasteiger partial charge in [0.05, 0.1) is 12.6 Å². The van der Waals surface area contributed by atoms with Crippen molar-refractivity contribution in [1.82, 2.24) is 0 Å². The lowest BCUT2D eigenvalue weighted by Gasteiger charge is -2.22. The number of Topliss-reactive ketones (excluding diaryl/α,β-unsaturated/α-hetero) is 1. The molecular weight excluding hydrogens is 330 g/mol. The van der Waals surface area contributed by atoms with Gasteiger partial charge in [0.15, 0.2) is 5.76 Å². The number of ether oxygens (including phenoxy) is 2. The average Bonchev–Trinajstić information content (AvgIpc) is 2.68. The molecule has 0 aliphatic heterocycles. The second kappa shape index (κ2) is 9.53. The molecule has 0 radical (unpaired) electrons. The number of nitrogens with two attached hydrogens (primary N) is 1. The highest BCUT2D eigenvalue weighted by atomic mass is 16.5. The molecular formula is C21H23NO4. The second-order valence-corrected chi connectivity index (χ2v) is 5.73. The van der Waals surface area contributed by atoms with Crippen molar-refractivity contribution in [3.63, 3.8) is 0 Å². The van der Waals surface area contributed by atoms with Crippen molar-refractivity contribution < 1.29 is 19.1 Å². The first-order chi connectivity index (χ1) is 12.5. The maximum absolute atomic E-state index is 12.7. The van der Waals surface area contributed by atoms with Crippen LogP contribution in [0, 0.1) is 5.92 Å². The van der Waals surface area contributed by atoms with Crippen molar-refractivity contribution in [2.24, 2.45) is 11.7 Å². The van der Waals surface area contributed by atoms with Crippen molar-refractivity contribution >= 4 is 11.8 Å². The lowest BCUT2D eigenvalue weighted by Crippen LogP contribution is -2.37. The molecule has 0 saturated heterocycles.